The Kier molecular flexibility index (Phi) is 6.06. The predicted molar refractivity (Wildman–Crippen MR) is 74.3 cm³/mol. The van der Waals surface area contributed by atoms with Crippen molar-refractivity contribution in [2.45, 2.75) is 32.6 Å². The van der Waals surface area contributed by atoms with Crippen LogP contribution in [-0.2, 0) is 11.2 Å². The third kappa shape index (κ3) is 5.12. The lowest BCUT2D eigenvalue weighted by atomic mass is 10.1. The Morgan fingerprint density at radius 3 is 2.37 bits per heavy atom. The number of nitrogens with zero attached hydrogens (tertiary/aromatic N) is 1. The van der Waals surface area contributed by atoms with Crippen molar-refractivity contribution >= 4 is 11.9 Å². The van der Waals surface area contributed by atoms with Gasteiger partial charge < -0.3 is 10.0 Å². The molecule has 0 fully saturated rings. The van der Waals surface area contributed by atoms with Gasteiger partial charge in [-0.1, -0.05) is 25.5 Å². The van der Waals surface area contributed by atoms with Crippen LogP contribution in [0.15, 0.2) is 24.3 Å². The van der Waals surface area contributed by atoms with Crippen LogP contribution < -0.4 is 0 Å². The molecule has 0 unspecified atom stereocenters. The number of carboxylic acids is 1. The smallest absolute Gasteiger partial charge is 0.335 e. The first-order valence-electron chi connectivity index (χ1n) is 6.60. The first-order chi connectivity index (χ1) is 9.04. The highest BCUT2D eigenvalue weighted by atomic mass is 16.4. The van der Waals surface area contributed by atoms with E-state index in [1.165, 1.54) is 0 Å². The first kappa shape index (κ1) is 15.2. The summed E-state index contributed by atoms with van der Waals surface area (Å²) in [4.78, 5) is 24.3. The molecule has 1 N–H and O–H groups in total. The van der Waals surface area contributed by atoms with Gasteiger partial charge in [-0.2, -0.15) is 0 Å². The Hall–Kier alpha value is -1.84. The molecule has 0 heterocycles. The van der Waals surface area contributed by atoms with Gasteiger partial charge in [-0.15, -0.1) is 0 Å². The summed E-state index contributed by atoms with van der Waals surface area (Å²) < 4.78 is 0. The van der Waals surface area contributed by atoms with Gasteiger partial charge in [-0.3, -0.25) is 4.79 Å². The standard InChI is InChI=1S/C15H21NO3/c1-3-4-11-16(2)14(17)10-7-12-5-8-13(9-6-12)15(18)19/h5-6,8-9H,3-4,7,10-11H2,1-2H3,(H,18,19). The molecule has 19 heavy (non-hydrogen) atoms. The van der Waals surface area contributed by atoms with Crippen molar-refractivity contribution in [3.05, 3.63) is 35.4 Å². The molecule has 1 amide bonds. The van der Waals surface area contributed by atoms with Crippen molar-refractivity contribution < 1.29 is 14.7 Å². The van der Waals surface area contributed by atoms with Crippen molar-refractivity contribution in [1.82, 2.24) is 4.90 Å². The Morgan fingerprint density at radius 1 is 1.21 bits per heavy atom. The van der Waals surface area contributed by atoms with Crippen LogP contribution in [0.1, 0.15) is 42.1 Å². The van der Waals surface area contributed by atoms with E-state index >= 15 is 0 Å². The number of aryl methyl sites for hydroxylation is 1. The quantitative estimate of drug-likeness (QED) is 0.822. The van der Waals surface area contributed by atoms with Crippen LogP contribution in [0.25, 0.3) is 0 Å². The zero-order chi connectivity index (χ0) is 14.3. The molecule has 0 spiro atoms. The Labute approximate surface area is 114 Å². The van der Waals surface area contributed by atoms with Crippen LogP contribution >= 0.6 is 0 Å². The summed E-state index contributed by atoms with van der Waals surface area (Å²) in [6.45, 7) is 2.90. The van der Waals surface area contributed by atoms with E-state index in [9.17, 15) is 9.59 Å². The lowest BCUT2D eigenvalue weighted by Gasteiger charge is -2.16. The van der Waals surface area contributed by atoms with Crippen LogP contribution in [0.2, 0.25) is 0 Å². The van der Waals surface area contributed by atoms with Gasteiger partial charge in [0.1, 0.15) is 0 Å². The molecule has 1 aromatic carbocycles. The highest BCUT2D eigenvalue weighted by molar-refractivity contribution is 5.87. The summed E-state index contributed by atoms with van der Waals surface area (Å²) in [6, 6.07) is 6.68. The minimum atomic E-state index is -0.929. The van der Waals surface area contributed by atoms with E-state index in [4.69, 9.17) is 5.11 Å². The molecule has 0 saturated carbocycles. The van der Waals surface area contributed by atoms with Crippen LogP contribution in [0.4, 0.5) is 0 Å². The molecule has 0 aliphatic heterocycles. The normalized spacial score (nSPS) is 10.2. The summed E-state index contributed by atoms with van der Waals surface area (Å²) in [7, 11) is 1.82. The molecule has 0 bridgehead atoms. The van der Waals surface area contributed by atoms with Crippen molar-refractivity contribution in [3.8, 4) is 0 Å². The number of unbranched alkanes of at least 4 members (excludes halogenated alkanes) is 1. The van der Waals surface area contributed by atoms with Gasteiger partial charge in [0, 0.05) is 20.0 Å². The van der Waals surface area contributed by atoms with Crippen LogP contribution in [-0.4, -0.2) is 35.5 Å². The number of aromatic carboxylic acids is 1. The molecular weight excluding hydrogens is 242 g/mol. The molecule has 0 aliphatic rings. The van der Waals surface area contributed by atoms with Crippen LogP contribution in [0.3, 0.4) is 0 Å². The average Bonchev–Trinajstić information content (AvgIpc) is 2.42. The molecule has 1 rings (SSSR count). The lowest BCUT2D eigenvalue weighted by molar-refractivity contribution is -0.129. The third-order valence-electron chi connectivity index (χ3n) is 3.10. The zero-order valence-electron chi connectivity index (χ0n) is 11.6. The fraction of sp³-hybridized carbons (Fsp3) is 0.467. The number of carboxylic acid groups (broad SMARTS) is 1. The van der Waals surface area contributed by atoms with Gasteiger partial charge in [-0.05, 0) is 30.5 Å². The number of benzene rings is 1. The number of amides is 1. The number of hydrogen-bond donors (Lipinski definition) is 1. The molecule has 0 atom stereocenters. The summed E-state index contributed by atoms with van der Waals surface area (Å²) in [5, 5.41) is 8.79. The largest absolute Gasteiger partial charge is 0.478 e. The monoisotopic (exact) mass is 263 g/mol. The SMILES string of the molecule is CCCCN(C)C(=O)CCc1ccc(C(=O)O)cc1. The predicted octanol–water partition coefficient (Wildman–Crippen LogP) is 2.58. The van der Waals surface area contributed by atoms with E-state index in [2.05, 4.69) is 6.92 Å². The highest BCUT2D eigenvalue weighted by Gasteiger charge is 2.08. The summed E-state index contributed by atoms with van der Waals surface area (Å²) in [5.74, 6) is -0.794. The molecule has 0 radical (unpaired) electrons. The molecule has 0 saturated heterocycles. The number of carbonyl (C=O) groups is 2. The molecular formula is C15H21NO3. The van der Waals surface area contributed by atoms with Crippen molar-refractivity contribution in [2.24, 2.45) is 0 Å². The van der Waals surface area contributed by atoms with Crippen LogP contribution in [0.5, 0.6) is 0 Å². The van der Waals surface area contributed by atoms with E-state index < -0.39 is 5.97 Å². The summed E-state index contributed by atoms with van der Waals surface area (Å²) in [6.07, 6.45) is 3.21. The molecule has 4 nitrogen and oxygen atoms in total. The van der Waals surface area contributed by atoms with Crippen molar-refractivity contribution in [1.29, 1.82) is 0 Å². The highest BCUT2D eigenvalue weighted by Crippen LogP contribution is 2.08. The zero-order valence-corrected chi connectivity index (χ0v) is 11.6. The molecule has 0 aliphatic carbocycles. The number of hydrogen-bond acceptors (Lipinski definition) is 2. The Morgan fingerprint density at radius 2 is 1.84 bits per heavy atom. The maximum atomic E-state index is 11.8. The van der Waals surface area contributed by atoms with E-state index in [1.807, 2.05) is 7.05 Å². The second-order valence-corrected chi connectivity index (χ2v) is 4.67. The molecule has 4 heteroatoms. The summed E-state index contributed by atoms with van der Waals surface area (Å²) >= 11 is 0. The van der Waals surface area contributed by atoms with Gasteiger partial charge in [0.2, 0.25) is 5.91 Å². The third-order valence-corrected chi connectivity index (χ3v) is 3.10. The van der Waals surface area contributed by atoms with Gasteiger partial charge in [0.25, 0.3) is 0 Å². The second-order valence-electron chi connectivity index (χ2n) is 4.67. The van der Waals surface area contributed by atoms with Gasteiger partial charge in [0.05, 0.1) is 5.56 Å². The number of rotatable bonds is 7. The van der Waals surface area contributed by atoms with E-state index in [1.54, 1.807) is 29.2 Å². The Bertz CT molecular complexity index is 426. The van der Waals surface area contributed by atoms with Gasteiger partial charge in [0.15, 0.2) is 0 Å². The van der Waals surface area contributed by atoms with E-state index in [0.29, 0.717) is 12.8 Å². The topological polar surface area (TPSA) is 57.6 Å². The average molecular weight is 263 g/mol. The van der Waals surface area contributed by atoms with Gasteiger partial charge in [-0.25, -0.2) is 4.79 Å². The molecule has 0 aromatic heterocycles. The van der Waals surface area contributed by atoms with Crippen molar-refractivity contribution in [2.75, 3.05) is 13.6 Å². The maximum Gasteiger partial charge on any atom is 0.335 e. The van der Waals surface area contributed by atoms with E-state index in [0.717, 1.165) is 24.9 Å². The Balaban J connectivity index is 2.43. The lowest BCUT2D eigenvalue weighted by Crippen LogP contribution is -2.27. The minimum Gasteiger partial charge on any atom is -0.478 e. The fourth-order valence-electron chi connectivity index (χ4n) is 1.78. The van der Waals surface area contributed by atoms with E-state index in [-0.39, 0.29) is 11.5 Å². The maximum absolute atomic E-state index is 11.8. The first-order valence-corrected chi connectivity index (χ1v) is 6.60. The number of carbonyl (C=O) groups excluding carboxylic acids is 1. The minimum absolute atomic E-state index is 0.135. The fourth-order valence-corrected chi connectivity index (χ4v) is 1.78. The second kappa shape index (κ2) is 7.56. The van der Waals surface area contributed by atoms with Gasteiger partial charge >= 0.3 is 5.97 Å². The van der Waals surface area contributed by atoms with Crippen LogP contribution in [0, 0.1) is 0 Å². The molecule has 104 valence electrons. The molecule has 1 aromatic rings. The summed E-state index contributed by atoms with van der Waals surface area (Å²) in [5.41, 5.74) is 1.26. The van der Waals surface area contributed by atoms with Crippen molar-refractivity contribution in [3.63, 3.8) is 0 Å².